The van der Waals surface area contributed by atoms with Crippen molar-refractivity contribution < 1.29 is 9.90 Å². The molecule has 3 unspecified atom stereocenters. The van der Waals surface area contributed by atoms with Crippen molar-refractivity contribution in [2.75, 3.05) is 6.54 Å². The summed E-state index contributed by atoms with van der Waals surface area (Å²) in [7, 11) is 0. The molecule has 0 aliphatic heterocycles. The Hall–Kier alpha value is -1.06. The Morgan fingerprint density at radius 3 is 2.62 bits per heavy atom. The van der Waals surface area contributed by atoms with Crippen molar-refractivity contribution in [2.45, 2.75) is 45.1 Å². The molecule has 0 bridgehead atoms. The van der Waals surface area contributed by atoms with Crippen molar-refractivity contribution in [3.63, 3.8) is 0 Å². The van der Waals surface area contributed by atoms with Gasteiger partial charge in [-0.1, -0.05) is 43.5 Å². The van der Waals surface area contributed by atoms with Gasteiger partial charge in [0.15, 0.2) is 0 Å². The first-order chi connectivity index (χ1) is 10.1. The van der Waals surface area contributed by atoms with E-state index in [0.29, 0.717) is 0 Å². The van der Waals surface area contributed by atoms with Crippen LogP contribution in [0.5, 0.6) is 0 Å². The van der Waals surface area contributed by atoms with Gasteiger partial charge in [-0.25, -0.2) is 0 Å². The zero-order chi connectivity index (χ0) is 15.2. The smallest absolute Gasteiger partial charge is 0.306 e. The highest BCUT2D eigenvalue weighted by atomic mass is 35.5. The molecule has 2 N–H and O–H groups in total. The third-order valence-electron chi connectivity index (χ3n) is 4.53. The number of benzene rings is 1. The number of hydrogen-bond acceptors (Lipinski definition) is 2. The molecule has 3 atom stereocenters. The molecule has 21 heavy (non-hydrogen) atoms. The summed E-state index contributed by atoms with van der Waals surface area (Å²) in [5.74, 6) is -0.576. The van der Waals surface area contributed by atoms with Gasteiger partial charge in [0.05, 0.1) is 5.92 Å². The van der Waals surface area contributed by atoms with E-state index in [-0.39, 0.29) is 17.9 Å². The number of carbonyl (C=O) groups is 1. The van der Waals surface area contributed by atoms with Crippen LogP contribution in [0.2, 0.25) is 5.02 Å². The molecule has 1 aliphatic carbocycles. The molecule has 0 radical (unpaired) electrons. The molecule has 4 heteroatoms. The Kier molecular flexibility index (Phi) is 6.07. The van der Waals surface area contributed by atoms with E-state index in [1.54, 1.807) is 0 Å². The summed E-state index contributed by atoms with van der Waals surface area (Å²) in [5, 5.41) is 13.6. The fourth-order valence-corrected chi connectivity index (χ4v) is 3.39. The Labute approximate surface area is 131 Å². The first-order valence-electron chi connectivity index (χ1n) is 7.83. The second kappa shape index (κ2) is 7.81. The fraction of sp³-hybridized carbons (Fsp3) is 0.588. The molecule has 1 aromatic carbocycles. The third kappa shape index (κ3) is 4.45. The van der Waals surface area contributed by atoms with E-state index >= 15 is 0 Å². The van der Waals surface area contributed by atoms with Crippen LogP contribution >= 0.6 is 11.6 Å². The number of nitrogens with one attached hydrogen (secondary N) is 1. The summed E-state index contributed by atoms with van der Waals surface area (Å²) in [5.41, 5.74) is 1.21. The SMILES string of the molecule is CCC(NCC1CCCCC1C(=O)O)c1ccc(Cl)cc1. The van der Waals surface area contributed by atoms with Crippen molar-refractivity contribution in [1.29, 1.82) is 0 Å². The van der Waals surface area contributed by atoms with Gasteiger partial charge in [0.1, 0.15) is 0 Å². The highest BCUT2D eigenvalue weighted by molar-refractivity contribution is 6.30. The zero-order valence-electron chi connectivity index (χ0n) is 12.5. The van der Waals surface area contributed by atoms with Crippen LogP contribution in [0.3, 0.4) is 0 Å². The van der Waals surface area contributed by atoms with Crippen LogP contribution in [0, 0.1) is 11.8 Å². The van der Waals surface area contributed by atoms with Gasteiger partial charge in [-0.05, 0) is 49.4 Å². The molecule has 1 saturated carbocycles. The second-order valence-electron chi connectivity index (χ2n) is 5.91. The van der Waals surface area contributed by atoms with Gasteiger partial charge in [-0.15, -0.1) is 0 Å². The normalized spacial score (nSPS) is 23.7. The molecule has 0 aromatic heterocycles. The molecule has 1 fully saturated rings. The van der Waals surface area contributed by atoms with Gasteiger partial charge in [-0.3, -0.25) is 4.79 Å². The lowest BCUT2D eigenvalue weighted by atomic mass is 9.79. The predicted molar refractivity (Wildman–Crippen MR) is 85.6 cm³/mol. The molecule has 1 aliphatic rings. The summed E-state index contributed by atoms with van der Waals surface area (Å²) < 4.78 is 0. The number of hydrogen-bond donors (Lipinski definition) is 2. The number of carboxylic acid groups (broad SMARTS) is 1. The maximum absolute atomic E-state index is 11.3. The van der Waals surface area contributed by atoms with Crippen LogP contribution in [-0.4, -0.2) is 17.6 Å². The van der Waals surface area contributed by atoms with Gasteiger partial charge in [0, 0.05) is 11.1 Å². The quantitative estimate of drug-likeness (QED) is 0.825. The predicted octanol–water partition coefficient (Wildman–Crippen LogP) is 4.27. The van der Waals surface area contributed by atoms with E-state index in [2.05, 4.69) is 12.2 Å². The van der Waals surface area contributed by atoms with E-state index in [0.717, 1.165) is 43.7 Å². The largest absolute Gasteiger partial charge is 0.481 e. The summed E-state index contributed by atoms with van der Waals surface area (Å²) in [6, 6.07) is 8.15. The first-order valence-corrected chi connectivity index (χ1v) is 8.21. The lowest BCUT2D eigenvalue weighted by molar-refractivity contribution is -0.144. The minimum Gasteiger partial charge on any atom is -0.481 e. The number of halogens is 1. The van der Waals surface area contributed by atoms with E-state index in [4.69, 9.17) is 11.6 Å². The Balaban J connectivity index is 1.95. The Bertz CT molecular complexity index is 460. The van der Waals surface area contributed by atoms with Crippen LogP contribution in [0.4, 0.5) is 0 Å². The second-order valence-corrected chi connectivity index (χ2v) is 6.35. The number of rotatable bonds is 6. The molecular weight excluding hydrogens is 286 g/mol. The standard InChI is InChI=1S/C17H24ClNO2/c1-2-16(12-7-9-14(18)10-8-12)19-11-13-5-3-4-6-15(13)17(20)21/h7-10,13,15-16,19H,2-6,11H2,1H3,(H,20,21). The monoisotopic (exact) mass is 309 g/mol. The maximum atomic E-state index is 11.3. The van der Waals surface area contributed by atoms with E-state index in [1.165, 1.54) is 5.56 Å². The van der Waals surface area contributed by atoms with E-state index in [1.807, 2.05) is 24.3 Å². The Morgan fingerprint density at radius 1 is 1.33 bits per heavy atom. The molecule has 2 rings (SSSR count). The molecule has 0 heterocycles. The minimum atomic E-state index is -0.638. The highest BCUT2D eigenvalue weighted by Gasteiger charge is 2.30. The summed E-state index contributed by atoms with van der Waals surface area (Å²) in [4.78, 5) is 11.3. The minimum absolute atomic E-state index is 0.186. The summed E-state index contributed by atoms with van der Waals surface area (Å²) >= 11 is 5.93. The van der Waals surface area contributed by atoms with Crippen molar-refractivity contribution >= 4 is 17.6 Å². The molecule has 3 nitrogen and oxygen atoms in total. The number of aliphatic carboxylic acids is 1. The van der Waals surface area contributed by atoms with Crippen molar-refractivity contribution in [3.8, 4) is 0 Å². The summed E-state index contributed by atoms with van der Waals surface area (Å²) in [6.07, 6.45) is 5.00. The zero-order valence-corrected chi connectivity index (χ0v) is 13.3. The third-order valence-corrected chi connectivity index (χ3v) is 4.79. The molecule has 0 saturated heterocycles. The number of carboxylic acids is 1. The fourth-order valence-electron chi connectivity index (χ4n) is 3.26. The van der Waals surface area contributed by atoms with E-state index in [9.17, 15) is 9.90 Å². The van der Waals surface area contributed by atoms with Crippen LogP contribution in [0.1, 0.15) is 50.6 Å². The molecule has 0 amide bonds. The molecule has 0 spiro atoms. The van der Waals surface area contributed by atoms with Gasteiger partial charge in [0.2, 0.25) is 0 Å². The Morgan fingerprint density at radius 2 is 2.00 bits per heavy atom. The van der Waals surface area contributed by atoms with Gasteiger partial charge >= 0.3 is 5.97 Å². The molecular formula is C17H24ClNO2. The summed E-state index contributed by atoms with van der Waals surface area (Å²) in [6.45, 7) is 2.92. The molecule has 116 valence electrons. The topological polar surface area (TPSA) is 49.3 Å². The van der Waals surface area contributed by atoms with Crippen LogP contribution in [-0.2, 0) is 4.79 Å². The van der Waals surface area contributed by atoms with Crippen molar-refractivity contribution in [3.05, 3.63) is 34.9 Å². The van der Waals surface area contributed by atoms with Crippen molar-refractivity contribution in [2.24, 2.45) is 11.8 Å². The first kappa shape index (κ1) is 16.3. The van der Waals surface area contributed by atoms with E-state index < -0.39 is 5.97 Å². The molecule has 1 aromatic rings. The lowest BCUT2D eigenvalue weighted by Crippen LogP contribution is -2.36. The van der Waals surface area contributed by atoms with Crippen LogP contribution < -0.4 is 5.32 Å². The van der Waals surface area contributed by atoms with Crippen LogP contribution in [0.25, 0.3) is 0 Å². The van der Waals surface area contributed by atoms with Crippen LogP contribution in [0.15, 0.2) is 24.3 Å². The highest BCUT2D eigenvalue weighted by Crippen LogP contribution is 2.30. The average Bonchev–Trinajstić information content (AvgIpc) is 2.50. The van der Waals surface area contributed by atoms with Gasteiger partial charge in [-0.2, -0.15) is 0 Å². The maximum Gasteiger partial charge on any atom is 0.306 e. The lowest BCUT2D eigenvalue weighted by Gasteiger charge is -2.30. The average molecular weight is 310 g/mol. The van der Waals surface area contributed by atoms with Gasteiger partial charge in [0.25, 0.3) is 0 Å². The van der Waals surface area contributed by atoms with Crippen molar-refractivity contribution in [1.82, 2.24) is 5.32 Å². The van der Waals surface area contributed by atoms with Gasteiger partial charge < -0.3 is 10.4 Å².